The number of carbonyl (C=O) groups is 1. The van der Waals surface area contributed by atoms with Gasteiger partial charge in [-0.25, -0.2) is 13.2 Å². The molecule has 0 aliphatic carbocycles. The molecule has 0 aliphatic heterocycles. The van der Waals surface area contributed by atoms with Gasteiger partial charge < -0.3 is 5.11 Å². The van der Waals surface area contributed by atoms with E-state index in [1.807, 2.05) is 0 Å². The molecule has 1 N–H and O–H groups in total. The third kappa shape index (κ3) is 2.90. The molecule has 1 rings (SSSR count). The predicted octanol–water partition coefficient (Wildman–Crippen LogP) is 2.18. The van der Waals surface area contributed by atoms with Crippen molar-refractivity contribution in [1.29, 1.82) is 0 Å². The topological polar surface area (TPSA) is 74.7 Å². The number of hydrogen-bond donors (Lipinski definition) is 1. The first-order valence-electron chi connectivity index (χ1n) is 5.37. The van der Waals surface area contributed by atoms with Crippen LogP contribution in [0.25, 0.3) is 0 Å². The summed E-state index contributed by atoms with van der Waals surface area (Å²) < 4.78 is 26.1. The molecule has 1 aromatic carbocycles. The Labute approximate surface area is 115 Å². The van der Waals surface area contributed by atoms with Crippen molar-refractivity contribution in [2.24, 2.45) is 0 Å². The van der Waals surface area contributed by atoms with Gasteiger partial charge in [0.1, 0.15) is 0 Å². The highest BCUT2D eigenvalue weighted by Gasteiger charge is 2.24. The van der Waals surface area contributed by atoms with Gasteiger partial charge in [-0.15, -0.1) is 0 Å². The highest BCUT2D eigenvalue weighted by Crippen LogP contribution is 2.26. The molecule has 100 valence electrons. The van der Waals surface area contributed by atoms with Gasteiger partial charge in [0.15, 0.2) is 0 Å². The number of carboxylic acids is 1. The number of benzene rings is 1. The Hall–Kier alpha value is -0.920. The van der Waals surface area contributed by atoms with Crippen LogP contribution in [-0.4, -0.2) is 36.9 Å². The molecule has 0 saturated carbocycles. The van der Waals surface area contributed by atoms with Gasteiger partial charge >= 0.3 is 5.97 Å². The lowest BCUT2D eigenvalue weighted by molar-refractivity contribution is 0.0696. The Morgan fingerprint density at radius 3 is 2.28 bits per heavy atom. The summed E-state index contributed by atoms with van der Waals surface area (Å²) in [6.07, 6.45) is 0. The van der Waals surface area contributed by atoms with Crippen molar-refractivity contribution in [1.82, 2.24) is 4.31 Å². The number of nitrogens with zero attached hydrogens (tertiary/aromatic N) is 1. The molecule has 0 radical (unpaired) electrons. The molecule has 0 atom stereocenters. The Morgan fingerprint density at radius 1 is 1.33 bits per heavy atom. The zero-order valence-electron chi connectivity index (χ0n) is 10.1. The van der Waals surface area contributed by atoms with Gasteiger partial charge in [0, 0.05) is 17.6 Å². The van der Waals surface area contributed by atoms with Crippen molar-refractivity contribution < 1.29 is 18.3 Å². The van der Waals surface area contributed by atoms with Gasteiger partial charge in [-0.05, 0) is 34.1 Å². The maximum Gasteiger partial charge on any atom is 0.335 e. The van der Waals surface area contributed by atoms with Gasteiger partial charge in [0.05, 0.1) is 10.5 Å². The van der Waals surface area contributed by atoms with Gasteiger partial charge in [-0.3, -0.25) is 0 Å². The minimum atomic E-state index is -3.58. The van der Waals surface area contributed by atoms with Crippen molar-refractivity contribution in [3.8, 4) is 0 Å². The smallest absolute Gasteiger partial charge is 0.335 e. The maximum atomic E-state index is 12.2. The van der Waals surface area contributed by atoms with Gasteiger partial charge in [-0.2, -0.15) is 4.31 Å². The summed E-state index contributed by atoms with van der Waals surface area (Å²) >= 11 is 3.11. The lowest BCUT2D eigenvalue weighted by atomic mass is 10.2. The monoisotopic (exact) mass is 335 g/mol. The largest absolute Gasteiger partial charge is 0.478 e. The minimum absolute atomic E-state index is 0.0420. The fourth-order valence-electron chi connectivity index (χ4n) is 1.55. The summed E-state index contributed by atoms with van der Waals surface area (Å²) in [5, 5.41) is 8.82. The summed E-state index contributed by atoms with van der Waals surface area (Å²) in [6.45, 7) is 4.24. The first-order chi connectivity index (χ1) is 8.34. The summed E-state index contributed by atoms with van der Waals surface area (Å²) in [7, 11) is -3.58. The van der Waals surface area contributed by atoms with Crippen LogP contribution in [0.1, 0.15) is 24.2 Å². The average Bonchev–Trinajstić information content (AvgIpc) is 2.29. The highest BCUT2D eigenvalue weighted by molar-refractivity contribution is 9.10. The summed E-state index contributed by atoms with van der Waals surface area (Å²) in [6, 6.07) is 3.88. The number of hydrogen-bond acceptors (Lipinski definition) is 3. The van der Waals surface area contributed by atoms with E-state index >= 15 is 0 Å². The summed E-state index contributed by atoms with van der Waals surface area (Å²) in [5.41, 5.74) is 0.0420. The van der Waals surface area contributed by atoms with E-state index < -0.39 is 16.0 Å². The van der Waals surface area contributed by atoms with Crippen molar-refractivity contribution in [3.63, 3.8) is 0 Å². The second-order valence-corrected chi connectivity index (χ2v) is 6.30. The van der Waals surface area contributed by atoms with Crippen LogP contribution in [0.2, 0.25) is 0 Å². The number of sulfonamides is 1. The van der Waals surface area contributed by atoms with Gasteiger partial charge in [0.25, 0.3) is 0 Å². The second kappa shape index (κ2) is 5.81. The SMILES string of the molecule is CCN(CC)S(=O)(=O)c1ccc(C(=O)O)cc1Br. The molecule has 0 bridgehead atoms. The van der Waals surface area contributed by atoms with Crippen molar-refractivity contribution in [2.75, 3.05) is 13.1 Å². The Balaban J connectivity index is 3.30. The summed E-state index contributed by atoms with van der Waals surface area (Å²) in [5.74, 6) is -1.09. The van der Waals surface area contributed by atoms with Gasteiger partial charge in [-0.1, -0.05) is 13.8 Å². The molecule has 7 heteroatoms. The first-order valence-corrected chi connectivity index (χ1v) is 7.60. The quantitative estimate of drug-likeness (QED) is 0.894. The first kappa shape index (κ1) is 15.1. The van der Waals surface area contributed by atoms with E-state index in [0.717, 1.165) is 0 Å². The third-order valence-electron chi connectivity index (χ3n) is 2.50. The van der Waals surface area contributed by atoms with E-state index in [1.54, 1.807) is 13.8 Å². The van der Waals surface area contributed by atoms with E-state index in [2.05, 4.69) is 15.9 Å². The van der Waals surface area contributed by atoms with E-state index in [0.29, 0.717) is 13.1 Å². The Kier molecular flexibility index (Phi) is 4.89. The molecule has 0 amide bonds. The molecule has 5 nitrogen and oxygen atoms in total. The molecule has 0 fully saturated rings. The van der Waals surface area contributed by atoms with Crippen molar-refractivity contribution >= 4 is 31.9 Å². The van der Waals surface area contributed by atoms with Gasteiger partial charge in [0.2, 0.25) is 10.0 Å². The number of carboxylic acid groups (broad SMARTS) is 1. The van der Waals surface area contributed by atoms with E-state index in [1.165, 1.54) is 22.5 Å². The zero-order valence-corrected chi connectivity index (χ0v) is 12.5. The number of halogens is 1. The maximum absolute atomic E-state index is 12.2. The molecule has 0 saturated heterocycles. The third-order valence-corrected chi connectivity index (χ3v) is 5.53. The van der Waals surface area contributed by atoms with E-state index in [9.17, 15) is 13.2 Å². The van der Waals surface area contributed by atoms with E-state index in [-0.39, 0.29) is 14.9 Å². The molecule has 1 aromatic rings. The molecule has 0 heterocycles. The lowest BCUT2D eigenvalue weighted by Crippen LogP contribution is -2.30. The van der Waals surface area contributed by atoms with Crippen LogP contribution in [0, 0.1) is 0 Å². The molecule has 0 aliphatic rings. The van der Waals surface area contributed by atoms with Crippen molar-refractivity contribution in [2.45, 2.75) is 18.7 Å². The van der Waals surface area contributed by atoms with Crippen LogP contribution in [0.5, 0.6) is 0 Å². The second-order valence-electron chi connectivity index (χ2n) is 3.54. The molecular weight excluding hydrogens is 322 g/mol. The average molecular weight is 336 g/mol. The number of rotatable bonds is 5. The molecule has 0 spiro atoms. The van der Waals surface area contributed by atoms with Crippen molar-refractivity contribution in [3.05, 3.63) is 28.2 Å². The number of aromatic carboxylic acids is 1. The molecule has 0 aromatic heterocycles. The Morgan fingerprint density at radius 2 is 1.89 bits per heavy atom. The molecular formula is C11H14BrNO4S. The van der Waals surface area contributed by atoms with Crippen LogP contribution in [0.4, 0.5) is 0 Å². The normalized spacial score (nSPS) is 11.8. The Bertz CT molecular complexity index is 552. The fourth-order valence-corrected chi connectivity index (χ4v) is 4.04. The lowest BCUT2D eigenvalue weighted by Gasteiger charge is -2.19. The van der Waals surface area contributed by atoms with Crippen LogP contribution >= 0.6 is 15.9 Å². The minimum Gasteiger partial charge on any atom is -0.478 e. The fraction of sp³-hybridized carbons (Fsp3) is 0.364. The van der Waals surface area contributed by atoms with Crippen LogP contribution in [0.3, 0.4) is 0 Å². The molecule has 18 heavy (non-hydrogen) atoms. The van der Waals surface area contributed by atoms with Crippen LogP contribution in [-0.2, 0) is 10.0 Å². The van der Waals surface area contributed by atoms with E-state index in [4.69, 9.17) is 5.11 Å². The summed E-state index contributed by atoms with van der Waals surface area (Å²) in [4.78, 5) is 10.9. The standard InChI is InChI=1S/C11H14BrNO4S/c1-3-13(4-2)18(16,17)10-6-5-8(11(14)15)7-9(10)12/h5-7H,3-4H2,1-2H3,(H,14,15). The predicted molar refractivity (Wildman–Crippen MR) is 71.2 cm³/mol. The van der Waals surface area contributed by atoms with Crippen LogP contribution < -0.4 is 0 Å². The highest BCUT2D eigenvalue weighted by atomic mass is 79.9. The molecule has 0 unspecified atom stereocenters. The van der Waals surface area contributed by atoms with Crippen LogP contribution in [0.15, 0.2) is 27.6 Å². The zero-order chi connectivity index (χ0) is 13.9.